The smallest absolute Gasteiger partial charge is 0.430 e. The molecule has 0 N–H and O–H groups in total. The third-order valence-electron chi connectivity index (χ3n) is 3.65. The van der Waals surface area contributed by atoms with Crippen molar-refractivity contribution >= 4 is 13.8 Å². The van der Waals surface area contributed by atoms with E-state index in [-0.39, 0.29) is 30.6 Å². The third kappa shape index (κ3) is 3.50. The molecule has 1 fully saturated rings. The van der Waals surface area contributed by atoms with Gasteiger partial charge in [0.05, 0.1) is 23.4 Å². The first-order chi connectivity index (χ1) is 8.01. The van der Waals surface area contributed by atoms with Crippen LogP contribution in [0.5, 0.6) is 0 Å². The molecule has 0 bridgehead atoms. The Labute approximate surface area is 112 Å². The van der Waals surface area contributed by atoms with Crippen LogP contribution < -0.4 is 0 Å². The molecule has 1 heterocycles. The van der Waals surface area contributed by atoms with E-state index in [4.69, 9.17) is 18.7 Å². The van der Waals surface area contributed by atoms with Crippen molar-refractivity contribution in [1.29, 1.82) is 0 Å². The van der Waals surface area contributed by atoms with E-state index in [1.54, 1.807) is 7.11 Å². The van der Waals surface area contributed by atoms with Crippen molar-refractivity contribution in [2.45, 2.75) is 65.2 Å². The van der Waals surface area contributed by atoms with Crippen molar-refractivity contribution in [3.8, 4) is 0 Å². The first-order valence-corrected chi connectivity index (χ1v) is 6.53. The van der Waals surface area contributed by atoms with Gasteiger partial charge < -0.3 is 18.7 Å². The zero-order valence-electron chi connectivity index (χ0n) is 13.0. The highest BCUT2D eigenvalue weighted by Crippen LogP contribution is 2.37. The summed E-state index contributed by atoms with van der Waals surface area (Å²) in [4.78, 5) is 0. The summed E-state index contributed by atoms with van der Waals surface area (Å²) in [5.74, 6) is 0. The second-order valence-electron chi connectivity index (χ2n) is 6.64. The van der Waals surface area contributed by atoms with Gasteiger partial charge in [0, 0.05) is 7.11 Å². The molecule has 0 spiro atoms. The van der Waals surface area contributed by atoms with Gasteiger partial charge in [-0.25, -0.2) is 0 Å². The molecular formula is C12H26B2O4. The lowest BCUT2D eigenvalue weighted by atomic mass is 9.37. The lowest BCUT2D eigenvalue weighted by Gasteiger charge is -2.32. The van der Waals surface area contributed by atoms with Crippen LogP contribution in [0.15, 0.2) is 0 Å². The second-order valence-corrected chi connectivity index (χ2v) is 6.64. The van der Waals surface area contributed by atoms with Gasteiger partial charge in [-0.05, 0) is 41.5 Å². The summed E-state index contributed by atoms with van der Waals surface area (Å²) in [7, 11) is 1.33. The molecular weight excluding hydrogens is 230 g/mol. The Morgan fingerprint density at radius 2 is 1.56 bits per heavy atom. The van der Waals surface area contributed by atoms with Gasteiger partial charge in [0.25, 0.3) is 0 Å². The van der Waals surface area contributed by atoms with Gasteiger partial charge >= 0.3 is 13.8 Å². The monoisotopic (exact) mass is 256 g/mol. The van der Waals surface area contributed by atoms with E-state index >= 15 is 0 Å². The van der Waals surface area contributed by atoms with Crippen LogP contribution in [0, 0.1) is 0 Å². The van der Waals surface area contributed by atoms with E-state index in [0.717, 1.165) is 0 Å². The summed E-state index contributed by atoms with van der Waals surface area (Å²) in [6.45, 7) is 14.5. The first kappa shape index (κ1) is 16.0. The normalized spacial score (nSPS) is 22.3. The molecule has 4 nitrogen and oxygen atoms in total. The molecule has 1 aliphatic rings. The third-order valence-corrected chi connectivity index (χ3v) is 3.65. The maximum absolute atomic E-state index is 5.97. The van der Waals surface area contributed by atoms with Crippen LogP contribution in [0.2, 0.25) is 6.82 Å². The van der Waals surface area contributed by atoms with Gasteiger partial charge in [0.2, 0.25) is 0 Å². The Kier molecular flexibility index (Phi) is 4.59. The highest BCUT2D eigenvalue weighted by Gasteiger charge is 2.54. The van der Waals surface area contributed by atoms with Gasteiger partial charge in [-0.2, -0.15) is 0 Å². The van der Waals surface area contributed by atoms with E-state index in [9.17, 15) is 0 Å². The fourth-order valence-electron chi connectivity index (χ4n) is 2.02. The molecule has 18 heavy (non-hydrogen) atoms. The van der Waals surface area contributed by atoms with Crippen molar-refractivity contribution in [1.82, 2.24) is 0 Å². The predicted octanol–water partition coefficient (Wildman–Crippen LogP) is 2.22. The molecule has 6 heteroatoms. The number of methoxy groups -OCH3 is 1. The molecule has 1 rings (SSSR count). The van der Waals surface area contributed by atoms with E-state index in [1.807, 2.05) is 48.4 Å². The Hall–Kier alpha value is -0.0301. The molecule has 0 unspecified atom stereocenters. The molecule has 104 valence electrons. The summed E-state index contributed by atoms with van der Waals surface area (Å²) in [6.07, 6.45) is 0. The molecule has 0 atom stereocenters. The lowest BCUT2D eigenvalue weighted by Crippen LogP contribution is -2.46. The minimum atomic E-state index is -0.349. The lowest BCUT2D eigenvalue weighted by molar-refractivity contribution is 0.00578. The molecule has 0 saturated carbocycles. The van der Waals surface area contributed by atoms with Crippen LogP contribution in [0.25, 0.3) is 0 Å². The van der Waals surface area contributed by atoms with Crippen LogP contribution in [-0.4, -0.2) is 44.3 Å². The van der Waals surface area contributed by atoms with Crippen LogP contribution >= 0.6 is 0 Å². The van der Waals surface area contributed by atoms with Crippen molar-refractivity contribution in [3.63, 3.8) is 0 Å². The van der Waals surface area contributed by atoms with Crippen LogP contribution in [0.4, 0.5) is 0 Å². The highest BCUT2D eigenvalue weighted by molar-refractivity contribution is 7.13. The zero-order valence-corrected chi connectivity index (χ0v) is 13.0. The fraction of sp³-hybridized carbons (Fsp3) is 1.00. The topological polar surface area (TPSA) is 36.9 Å². The van der Waals surface area contributed by atoms with Crippen molar-refractivity contribution in [3.05, 3.63) is 0 Å². The van der Waals surface area contributed by atoms with E-state index in [2.05, 4.69) is 0 Å². The van der Waals surface area contributed by atoms with E-state index in [0.29, 0.717) is 6.61 Å². The molecule has 0 amide bonds. The van der Waals surface area contributed by atoms with Gasteiger partial charge in [-0.15, -0.1) is 0 Å². The van der Waals surface area contributed by atoms with Crippen molar-refractivity contribution < 1.29 is 18.7 Å². The molecule has 1 saturated heterocycles. The summed E-state index contributed by atoms with van der Waals surface area (Å²) < 4.78 is 23.0. The van der Waals surface area contributed by atoms with Gasteiger partial charge in [0.1, 0.15) is 0 Å². The number of rotatable bonds is 5. The SMILES string of the molecule is COCC(C)(C)OB(C)B1OC(C)(C)C(C)(C)O1. The van der Waals surface area contributed by atoms with Crippen molar-refractivity contribution in [2.75, 3.05) is 13.7 Å². The summed E-state index contributed by atoms with van der Waals surface area (Å²) >= 11 is 0. The van der Waals surface area contributed by atoms with Gasteiger partial charge in [0.15, 0.2) is 0 Å². The predicted molar refractivity (Wildman–Crippen MR) is 74.7 cm³/mol. The summed E-state index contributed by atoms with van der Waals surface area (Å²) in [5, 5.41) is 0. The Morgan fingerprint density at radius 1 is 1.11 bits per heavy atom. The Bertz CT molecular complexity index is 276. The number of ether oxygens (including phenoxy) is 1. The Balaban J connectivity index is 2.63. The standard InChI is InChI=1S/C12H26B2O4/c1-10(2,9-15-8)16-13(7)14-17-11(3,4)12(5,6)18-14/h9H2,1-8H3. The van der Waals surface area contributed by atoms with Crippen molar-refractivity contribution in [2.24, 2.45) is 0 Å². The van der Waals surface area contributed by atoms with Gasteiger partial charge in [-0.1, -0.05) is 6.82 Å². The minimum Gasteiger partial charge on any atom is -0.430 e. The molecule has 0 aromatic rings. The summed E-state index contributed by atoms with van der Waals surface area (Å²) in [6, 6.07) is 0. The van der Waals surface area contributed by atoms with Crippen LogP contribution in [0.3, 0.4) is 0 Å². The molecule has 0 radical (unpaired) electrons. The van der Waals surface area contributed by atoms with Crippen LogP contribution in [0.1, 0.15) is 41.5 Å². The molecule has 1 aliphatic heterocycles. The largest absolute Gasteiger partial charge is 0.446 e. The average molecular weight is 256 g/mol. The Morgan fingerprint density at radius 3 is 1.94 bits per heavy atom. The maximum Gasteiger partial charge on any atom is 0.446 e. The van der Waals surface area contributed by atoms with Gasteiger partial charge in [-0.3, -0.25) is 0 Å². The van der Waals surface area contributed by atoms with E-state index < -0.39 is 0 Å². The highest BCUT2D eigenvalue weighted by atomic mass is 16.7. The quantitative estimate of drug-likeness (QED) is 0.706. The minimum absolute atomic E-state index is 0.142. The molecule has 0 aliphatic carbocycles. The zero-order chi connectivity index (χ0) is 14.2. The maximum atomic E-state index is 5.97. The first-order valence-electron chi connectivity index (χ1n) is 6.53. The van der Waals surface area contributed by atoms with Crippen LogP contribution in [-0.2, 0) is 18.7 Å². The molecule has 0 aromatic carbocycles. The second kappa shape index (κ2) is 5.16. The average Bonchev–Trinajstić information content (AvgIpc) is 2.35. The number of hydrogen-bond acceptors (Lipinski definition) is 4. The molecule has 0 aromatic heterocycles. The van der Waals surface area contributed by atoms with E-state index in [1.165, 1.54) is 0 Å². The number of hydrogen-bond donors (Lipinski definition) is 0. The summed E-state index contributed by atoms with van der Waals surface area (Å²) in [5.41, 5.74) is -0.987. The fourth-order valence-corrected chi connectivity index (χ4v) is 2.02.